The number of aromatic nitrogens is 1. The van der Waals surface area contributed by atoms with E-state index in [4.69, 9.17) is 0 Å². The molecule has 1 aliphatic heterocycles. The van der Waals surface area contributed by atoms with E-state index in [9.17, 15) is 18.0 Å². The Balaban J connectivity index is 0.00000196. The number of nitrogens with one attached hydrogen (secondary N) is 2. The minimum absolute atomic E-state index is 0. The third-order valence-electron chi connectivity index (χ3n) is 4.32. The molecule has 3 rings (SSSR count). The Hall–Kier alpha value is -1.35. The van der Waals surface area contributed by atoms with E-state index in [0.29, 0.717) is 22.3 Å². The van der Waals surface area contributed by atoms with Gasteiger partial charge in [-0.05, 0) is 38.4 Å². The number of carbonyl (C=O) groups excluding carboxylic acids is 1. The highest BCUT2D eigenvalue weighted by Gasteiger charge is 2.30. The topological polar surface area (TPSA) is 54.0 Å². The molecule has 2 N–H and O–H groups in total. The summed E-state index contributed by atoms with van der Waals surface area (Å²) >= 11 is 1.24. The largest absolute Gasteiger partial charge is 0.416 e. The average Bonchev–Trinajstić information content (AvgIpc) is 3.02. The van der Waals surface area contributed by atoms with E-state index in [1.54, 1.807) is 11.4 Å². The zero-order chi connectivity index (χ0) is 18.7. The van der Waals surface area contributed by atoms with Crippen LogP contribution >= 0.6 is 36.2 Å². The van der Waals surface area contributed by atoms with Crippen molar-refractivity contribution in [2.24, 2.45) is 0 Å². The van der Waals surface area contributed by atoms with Crippen molar-refractivity contribution in [3.05, 3.63) is 40.9 Å². The lowest BCUT2D eigenvalue weighted by atomic mass is 10.0. The van der Waals surface area contributed by atoms with E-state index in [0.717, 1.165) is 31.5 Å². The van der Waals surface area contributed by atoms with E-state index in [1.807, 2.05) is 0 Å². The Morgan fingerprint density at radius 1 is 1.36 bits per heavy atom. The molecule has 156 valence electrons. The lowest BCUT2D eigenvalue weighted by molar-refractivity contribution is -0.137. The molecule has 2 atom stereocenters. The Labute approximate surface area is 178 Å². The Morgan fingerprint density at radius 2 is 2.11 bits per heavy atom. The van der Waals surface area contributed by atoms with Crippen molar-refractivity contribution in [1.82, 2.24) is 15.6 Å². The van der Waals surface area contributed by atoms with Gasteiger partial charge in [-0.2, -0.15) is 13.2 Å². The molecule has 1 fully saturated rings. The first-order valence-corrected chi connectivity index (χ1v) is 9.34. The number of alkyl halides is 3. The summed E-state index contributed by atoms with van der Waals surface area (Å²) in [6.45, 7) is 2.96. The predicted molar refractivity (Wildman–Crippen MR) is 109 cm³/mol. The molecule has 2 aromatic rings. The van der Waals surface area contributed by atoms with Gasteiger partial charge < -0.3 is 10.6 Å². The summed E-state index contributed by atoms with van der Waals surface area (Å²) < 4.78 is 38.5. The van der Waals surface area contributed by atoms with Gasteiger partial charge in [-0.1, -0.05) is 12.1 Å². The van der Waals surface area contributed by atoms with Gasteiger partial charge in [-0.3, -0.25) is 4.79 Å². The van der Waals surface area contributed by atoms with E-state index in [1.165, 1.54) is 17.4 Å². The van der Waals surface area contributed by atoms with Crippen LogP contribution in [0.3, 0.4) is 0 Å². The van der Waals surface area contributed by atoms with Crippen LogP contribution in [0.15, 0.2) is 29.6 Å². The zero-order valence-corrected chi connectivity index (χ0v) is 17.5. The highest BCUT2D eigenvalue weighted by Crippen LogP contribution is 2.33. The standard InChI is InChI=1S/C18H20F3N3OS.2ClH/c1-11-7-14(5-6-22-11)23-16(25)9-15-10-26-17(24-15)12-3-2-4-13(8-12)18(19,20)21;;/h2-4,8,10-11,14,22H,5-7,9H2,1H3,(H,23,25);2*1H. The van der Waals surface area contributed by atoms with Crippen molar-refractivity contribution in [2.45, 2.75) is 44.4 Å². The second kappa shape index (κ2) is 10.4. The maximum atomic E-state index is 12.8. The second-order valence-electron chi connectivity index (χ2n) is 6.54. The first-order chi connectivity index (χ1) is 12.3. The number of piperidine rings is 1. The van der Waals surface area contributed by atoms with E-state index >= 15 is 0 Å². The van der Waals surface area contributed by atoms with Gasteiger partial charge in [0.05, 0.1) is 17.7 Å². The molecule has 4 nitrogen and oxygen atoms in total. The van der Waals surface area contributed by atoms with Gasteiger partial charge in [0.2, 0.25) is 5.91 Å². The molecule has 1 amide bonds. The molecule has 2 heterocycles. The number of nitrogens with zero attached hydrogens (tertiary/aromatic N) is 1. The molecule has 0 bridgehead atoms. The number of benzene rings is 1. The van der Waals surface area contributed by atoms with Crippen LogP contribution in [0.4, 0.5) is 13.2 Å². The summed E-state index contributed by atoms with van der Waals surface area (Å²) in [5, 5.41) is 8.55. The van der Waals surface area contributed by atoms with Crippen LogP contribution in [-0.2, 0) is 17.4 Å². The SMILES string of the molecule is CC1CC(NC(=O)Cc2csc(-c3cccc(C(F)(F)F)c3)n2)CCN1.Cl.Cl. The monoisotopic (exact) mass is 455 g/mol. The molecule has 0 spiro atoms. The third-order valence-corrected chi connectivity index (χ3v) is 5.26. The van der Waals surface area contributed by atoms with Crippen molar-refractivity contribution >= 4 is 42.1 Å². The van der Waals surface area contributed by atoms with Crippen LogP contribution in [0.2, 0.25) is 0 Å². The van der Waals surface area contributed by atoms with Crippen LogP contribution < -0.4 is 10.6 Å². The Kier molecular flexibility index (Phi) is 9.20. The number of rotatable bonds is 4. The molecular formula is C18H22Cl2F3N3OS. The number of thiazole rings is 1. The van der Waals surface area contributed by atoms with E-state index < -0.39 is 11.7 Å². The van der Waals surface area contributed by atoms with Gasteiger partial charge in [0.15, 0.2) is 0 Å². The molecule has 1 aromatic carbocycles. The molecule has 1 saturated heterocycles. The molecule has 1 aliphatic rings. The Bertz CT molecular complexity index is 785. The highest BCUT2D eigenvalue weighted by molar-refractivity contribution is 7.13. The molecular weight excluding hydrogens is 434 g/mol. The first kappa shape index (κ1) is 24.7. The van der Waals surface area contributed by atoms with Crippen LogP contribution in [0, 0.1) is 0 Å². The van der Waals surface area contributed by atoms with Crippen molar-refractivity contribution in [1.29, 1.82) is 0 Å². The maximum Gasteiger partial charge on any atom is 0.416 e. The van der Waals surface area contributed by atoms with Crippen molar-refractivity contribution < 1.29 is 18.0 Å². The van der Waals surface area contributed by atoms with Gasteiger partial charge >= 0.3 is 6.18 Å². The van der Waals surface area contributed by atoms with Crippen molar-refractivity contribution in [2.75, 3.05) is 6.54 Å². The van der Waals surface area contributed by atoms with Gasteiger partial charge in [0.1, 0.15) is 5.01 Å². The summed E-state index contributed by atoms with van der Waals surface area (Å²) in [6, 6.07) is 5.60. The quantitative estimate of drug-likeness (QED) is 0.714. The van der Waals surface area contributed by atoms with Gasteiger partial charge in [-0.15, -0.1) is 36.2 Å². The minimum Gasteiger partial charge on any atom is -0.353 e. The number of hydrogen-bond donors (Lipinski definition) is 2. The van der Waals surface area contributed by atoms with Crippen molar-refractivity contribution in [3.8, 4) is 10.6 Å². The molecule has 0 radical (unpaired) electrons. The molecule has 10 heteroatoms. The fourth-order valence-electron chi connectivity index (χ4n) is 3.06. The summed E-state index contributed by atoms with van der Waals surface area (Å²) in [5.74, 6) is -0.106. The average molecular weight is 456 g/mol. The number of hydrogen-bond acceptors (Lipinski definition) is 4. The van der Waals surface area contributed by atoms with Gasteiger partial charge in [0, 0.05) is 23.0 Å². The summed E-state index contributed by atoms with van der Waals surface area (Å²) in [5.41, 5.74) is 0.273. The maximum absolute atomic E-state index is 12.8. The molecule has 0 aliphatic carbocycles. The van der Waals surface area contributed by atoms with Crippen molar-refractivity contribution in [3.63, 3.8) is 0 Å². The van der Waals surface area contributed by atoms with Crippen LogP contribution in [0.25, 0.3) is 10.6 Å². The first-order valence-electron chi connectivity index (χ1n) is 8.46. The van der Waals surface area contributed by atoms with Crippen LogP contribution in [-0.4, -0.2) is 29.5 Å². The number of amides is 1. The molecule has 2 unspecified atom stereocenters. The predicted octanol–water partition coefficient (Wildman–Crippen LogP) is 4.47. The van der Waals surface area contributed by atoms with Gasteiger partial charge in [0.25, 0.3) is 0 Å². The summed E-state index contributed by atoms with van der Waals surface area (Å²) in [4.78, 5) is 16.5. The molecule has 28 heavy (non-hydrogen) atoms. The lowest BCUT2D eigenvalue weighted by Crippen LogP contribution is -2.46. The third kappa shape index (κ3) is 6.62. The highest BCUT2D eigenvalue weighted by atomic mass is 35.5. The number of halogens is 5. The fraction of sp³-hybridized carbons (Fsp3) is 0.444. The Morgan fingerprint density at radius 3 is 2.79 bits per heavy atom. The van der Waals surface area contributed by atoms with Crippen LogP contribution in [0.1, 0.15) is 31.0 Å². The second-order valence-corrected chi connectivity index (χ2v) is 7.40. The lowest BCUT2D eigenvalue weighted by Gasteiger charge is -2.28. The zero-order valence-electron chi connectivity index (χ0n) is 15.1. The molecule has 0 saturated carbocycles. The summed E-state index contributed by atoms with van der Waals surface area (Å²) in [7, 11) is 0. The van der Waals surface area contributed by atoms with Gasteiger partial charge in [-0.25, -0.2) is 4.98 Å². The number of carbonyl (C=O) groups is 1. The normalized spacial score (nSPS) is 19.3. The summed E-state index contributed by atoms with van der Waals surface area (Å²) in [6.07, 6.45) is -2.48. The van der Waals surface area contributed by atoms with Crippen LogP contribution in [0.5, 0.6) is 0 Å². The molecule has 1 aromatic heterocycles. The van der Waals surface area contributed by atoms with E-state index in [-0.39, 0.29) is 43.2 Å². The van der Waals surface area contributed by atoms with E-state index in [2.05, 4.69) is 22.5 Å². The minimum atomic E-state index is -4.39. The fourth-order valence-corrected chi connectivity index (χ4v) is 3.87. The smallest absolute Gasteiger partial charge is 0.353 e.